The molecule has 0 spiro atoms. The standard InChI is InChI=1S/C19H18N2O2/c1-22-19-9-16(11-21-12-19)15-7-17(20)10-18(8-15)23-13-14-5-3-2-4-6-14/h2-12H,13,20H2,1H3. The molecule has 4 nitrogen and oxygen atoms in total. The third-order valence-corrected chi connectivity index (χ3v) is 3.46. The van der Waals surface area contributed by atoms with E-state index in [-0.39, 0.29) is 0 Å². The number of nitrogens with zero attached hydrogens (tertiary/aromatic N) is 1. The quantitative estimate of drug-likeness (QED) is 0.726. The highest BCUT2D eigenvalue weighted by molar-refractivity contribution is 5.70. The summed E-state index contributed by atoms with van der Waals surface area (Å²) in [6.07, 6.45) is 3.45. The first kappa shape index (κ1) is 14.9. The first-order chi connectivity index (χ1) is 11.2. The third kappa shape index (κ3) is 3.80. The molecule has 116 valence electrons. The van der Waals surface area contributed by atoms with Crippen LogP contribution in [0.25, 0.3) is 11.1 Å². The van der Waals surface area contributed by atoms with Crippen molar-refractivity contribution < 1.29 is 9.47 Å². The molecule has 2 aromatic carbocycles. The Kier molecular flexibility index (Phi) is 4.43. The van der Waals surface area contributed by atoms with E-state index in [9.17, 15) is 0 Å². The molecule has 1 heterocycles. The summed E-state index contributed by atoms with van der Waals surface area (Å²) in [5.74, 6) is 1.43. The fourth-order valence-electron chi connectivity index (χ4n) is 2.30. The molecule has 0 aliphatic rings. The molecule has 0 bridgehead atoms. The Hall–Kier alpha value is -3.01. The molecule has 3 aromatic rings. The molecule has 0 aliphatic carbocycles. The summed E-state index contributed by atoms with van der Waals surface area (Å²) >= 11 is 0. The average molecular weight is 306 g/mol. The van der Waals surface area contributed by atoms with Crippen molar-refractivity contribution in [1.29, 1.82) is 0 Å². The van der Waals surface area contributed by atoms with Crippen molar-refractivity contribution in [3.8, 4) is 22.6 Å². The second kappa shape index (κ2) is 6.83. The van der Waals surface area contributed by atoms with Crippen LogP contribution in [-0.4, -0.2) is 12.1 Å². The van der Waals surface area contributed by atoms with Gasteiger partial charge in [0.2, 0.25) is 0 Å². The Morgan fingerprint density at radius 3 is 2.48 bits per heavy atom. The summed E-state index contributed by atoms with van der Waals surface area (Å²) in [6.45, 7) is 0.500. The van der Waals surface area contributed by atoms with E-state index in [2.05, 4.69) is 4.98 Å². The molecular weight excluding hydrogens is 288 g/mol. The number of pyridine rings is 1. The van der Waals surface area contributed by atoms with E-state index in [1.807, 2.05) is 54.6 Å². The minimum atomic E-state index is 0.500. The number of anilines is 1. The highest BCUT2D eigenvalue weighted by Crippen LogP contribution is 2.29. The molecule has 0 aliphatic heterocycles. The van der Waals surface area contributed by atoms with Crippen LogP contribution in [0.15, 0.2) is 67.0 Å². The van der Waals surface area contributed by atoms with E-state index in [1.165, 1.54) is 0 Å². The number of nitrogen functional groups attached to an aromatic ring is 1. The van der Waals surface area contributed by atoms with Crippen molar-refractivity contribution in [2.45, 2.75) is 6.61 Å². The summed E-state index contributed by atoms with van der Waals surface area (Å²) in [5.41, 5.74) is 9.64. The molecule has 0 unspecified atom stereocenters. The van der Waals surface area contributed by atoms with Crippen molar-refractivity contribution in [3.05, 3.63) is 72.6 Å². The minimum absolute atomic E-state index is 0.500. The summed E-state index contributed by atoms with van der Waals surface area (Å²) < 4.78 is 11.1. The van der Waals surface area contributed by atoms with Gasteiger partial charge in [0.05, 0.1) is 13.3 Å². The SMILES string of the molecule is COc1cncc(-c2cc(N)cc(OCc3ccccc3)c2)c1. The van der Waals surface area contributed by atoms with Gasteiger partial charge in [-0.1, -0.05) is 30.3 Å². The van der Waals surface area contributed by atoms with Gasteiger partial charge in [-0.05, 0) is 29.3 Å². The van der Waals surface area contributed by atoms with Gasteiger partial charge in [0.1, 0.15) is 18.1 Å². The first-order valence-corrected chi connectivity index (χ1v) is 7.31. The molecule has 3 rings (SSSR count). The van der Waals surface area contributed by atoms with Gasteiger partial charge in [-0.15, -0.1) is 0 Å². The van der Waals surface area contributed by atoms with E-state index in [0.29, 0.717) is 18.0 Å². The van der Waals surface area contributed by atoms with Crippen molar-refractivity contribution in [2.75, 3.05) is 12.8 Å². The number of ether oxygens (including phenoxy) is 2. The van der Waals surface area contributed by atoms with E-state index >= 15 is 0 Å². The summed E-state index contributed by atoms with van der Waals surface area (Å²) in [5, 5.41) is 0. The number of nitrogens with two attached hydrogens (primary N) is 1. The molecule has 0 atom stereocenters. The zero-order chi connectivity index (χ0) is 16.1. The van der Waals surface area contributed by atoms with Gasteiger partial charge in [0.25, 0.3) is 0 Å². The molecule has 4 heteroatoms. The lowest BCUT2D eigenvalue weighted by Gasteiger charge is -2.10. The number of rotatable bonds is 5. The van der Waals surface area contributed by atoms with Crippen LogP contribution in [0.1, 0.15) is 5.56 Å². The second-order valence-electron chi connectivity index (χ2n) is 5.18. The van der Waals surface area contributed by atoms with E-state index in [1.54, 1.807) is 19.5 Å². The van der Waals surface area contributed by atoms with Gasteiger partial charge in [-0.25, -0.2) is 0 Å². The van der Waals surface area contributed by atoms with Crippen LogP contribution in [0.5, 0.6) is 11.5 Å². The molecule has 1 aromatic heterocycles. The average Bonchev–Trinajstić information content (AvgIpc) is 2.60. The summed E-state index contributed by atoms with van der Waals surface area (Å²) in [6, 6.07) is 17.6. The highest BCUT2D eigenvalue weighted by atomic mass is 16.5. The Morgan fingerprint density at radius 2 is 1.70 bits per heavy atom. The predicted octanol–water partition coefficient (Wildman–Crippen LogP) is 3.92. The number of benzene rings is 2. The lowest BCUT2D eigenvalue weighted by molar-refractivity contribution is 0.306. The summed E-state index contributed by atoms with van der Waals surface area (Å²) in [4.78, 5) is 4.18. The van der Waals surface area contributed by atoms with Crippen LogP contribution in [0.3, 0.4) is 0 Å². The normalized spacial score (nSPS) is 10.3. The number of methoxy groups -OCH3 is 1. The Bertz CT molecular complexity index is 788. The van der Waals surface area contributed by atoms with Crippen LogP contribution in [0.2, 0.25) is 0 Å². The van der Waals surface area contributed by atoms with Crippen molar-refractivity contribution in [3.63, 3.8) is 0 Å². The topological polar surface area (TPSA) is 57.4 Å². The van der Waals surface area contributed by atoms with Gasteiger partial charge in [0, 0.05) is 23.5 Å². The first-order valence-electron chi connectivity index (χ1n) is 7.31. The van der Waals surface area contributed by atoms with Gasteiger partial charge >= 0.3 is 0 Å². The smallest absolute Gasteiger partial charge is 0.137 e. The molecule has 0 saturated carbocycles. The summed E-state index contributed by atoms with van der Waals surface area (Å²) in [7, 11) is 1.62. The third-order valence-electron chi connectivity index (χ3n) is 3.46. The molecule has 0 amide bonds. The Labute approximate surface area is 135 Å². The van der Waals surface area contributed by atoms with E-state index in [4.69, 9.17) is 15.2 Å². The maximum Gasteiger partial charge on any atom is 0.137 e. The highest BCUT2D eigenvalue weighted by Gasteiger charge is 2.05. The monoisotopic (exact) mass is 306 g/mol. The van der Waals surface area contributed by atoms with Crippen molar-refractivity contribution in [1.82, 2.24) is 4.98 Å². The Morgan fingerprint density at radius 1 is 0.913 bits per heavy atom. The lowest BCUT2D eigenvalue weighted by Crippen LogP contribution is -1.97. The fraction of sp³-hybridized carbons (Fsp3) is 0.105. The molecular formula is C19H18N2O2. The van der Waals surface area contributed by atoms with E-state index < -0.39 is 0 Å². The van der Waals surface area contributed by atoms with Gasteiger partial charge in [-0.3, -0.25) is 4.98 Å². The van der Waals surface area contributed by atoms with E-state index in [0.717, 1.165) is 22.4 Å². The van der Waals surface area contributed by atoms with Crippen LogP contribution >= 0.6 is 0 Å². The van der Waals surface area contributed by atoms with Gasteiger partial charge < -0.3 is 15.2 Å². The van der Waals surface area contributed by atoms with Gasteiger partial charge in [0.15, 0.2) is 0 Å². The van der Waals surface area contributed by atoms with Crippen LogP contribution < -0.4 is 15.2 Å². The van der Waals surface area contributed by atoms with Crippen molar-refractivity contribution >= 4 is 5.69 Å². The molecule has 0 radical (unpaired) electrons. The number of hydrogen-bond acceptors (Lipinski definition) is 4. The largest absolute Gasteiger partial charge is 0.495 e. The second-order valence-corrected chi connectivity index (χ2v) is 5.18. The maximum atomic E-state index is 6.00. The van der Waals surface area contributed by atoms with Crippen LogP contribution in [0.4, 0.5) is 5.69 Å². The van der Waals surface area contributed by atoms with Crippen LogP contribution in [-0.2, 0) is 6.61 Å². The number of hydrogen-bond donors (Lipinski definition) is 1. The zero-order valence-electron chi connectivity index (χ0n) is 12.9. The molecule has 23 heavy (non-hydrogen) atoms. The maximum absolute atomic E-state index is 6.00. The lowest BCUT2D eigenvalue weighted by atomic mass is 10.1. The van der Waals surface area contributed by atoms with Gasteiger partial charge in [-0.2, -0.15) is 0 Å². The van der Waals surface area contributed by atoms with Crippen molar-refractivity contribution in [2.24, 2.45) is 0 Å². The molecule has 2 N–H and O–H groups in total. The molecule has 0 fully saturated rings. The zero-order valence-corrected chi connectivity index (χ0v) is 12.9. The number of aromatic nitrogens is 1. The van der Waals surface area contributed by atoms with Crippen LogP contribution in [0, 0.1) is 0 Å². The minimum Gasteiger partial charge on any atom is -0.495 e. The molecule has 0 saturated heterocycles. The fourth-order valence-corrected chi connectivity index (χ4v) is 2.30. The Balaban J connectivity index is 1.84. The predicted molar refractivity (Wildman–Crippen MR) is 91.4 cm³/mol.